The van der Waals surface area contributed by atoms with Crippen LogP contribution in [0, 0.1) is 0 Å². The van der Waals surface area contributed by atoms with E-state index in [9.17, 15) is 4.79 Å². The lowest BCUT2D eigenvalue weighted by Crippen LogP contribution is -2.38. The lowest BCUT2D eigenvalue weighted by molar-refractivity contribution is -0.121. The minimum absolute atomic E-state index is 0.167. The lowest BCUT2D eigenvalue weighted by atomic mass is 10.1. The van der Waals surface area contributed by atoms with E-state index in [4.69, 9.17) is 0 Å². The molecule has 1 aliphatic heterocycles. The van der Waals surface area contributed by atoms with Crippen molar-refractivity contribution < 1.29 is 4.79 Å². The van der Waals surface area contributed by atoms with Gasteiger partial charge in [-0.3, -0.25) is 9.69 Å². The first-order valence-corrected chi connectivity index (χ1v) is 11.3. The second-order valence-corrected chi connectivity index (χ2v) is 8.22. The Bertz CT molecular complexity index is 648. The first-order valence-electron chi connectivity index (χ1n) is 11.3. The van der Waals surface area contributed by atoms with Gasteiger partial charge in [0, 0.05) is 32.1 Å². The smallest absolute Gasteiger partial charge is 0.220 e. The second kappa shape index (κ2) is 11.8. The van der Waals surface area contributed by atoms with E-state index >= 15 is 0 Å². The van der Waals surface area contributed by atoms with Gasteiger partial charge in [-0.05, 0) is 63.2 Å². The molecule has 3 N–H and O–H groups in total. The van der Waals surface area contributed by atoms with Gasteiger partial charge in [0.2, 0.25) is 5.91 Å². The summed E-state index contributed by atoms with van der Waals surface area (Å²) < 4.78 is 0. The summed E-state index contributed by atoms with van der Waals surface area (Å²) in [5, 5.41) is 9.64. The molecule has 160 valence electrons. The minimum atomic E-state index is 0.167. The van der Waals surface area contributed by atoms with Crippen molar-refractivity contribution >= 4 is 11.9 Å². The number of hydrogen-bond donors (Lipinski definition) is 3. The summed E-state index contributed by atoms with van der Waals surface area (Å²) in [6.07, 6.45) is 7.70. The van der Waals surface area contributed by atoms with Gasteiger partial charge in [0.05, 0.1) is 6.54 Å². The number of nitrogens with zero attached hydrogens (tertiary/aromatic N) is 2. The van der Waals surface area contributed by atoms with Crippen LogP contribution in [0.5, 0.6) is 0 Å². The average Bonchev–Trinajstić information content (AvgIpc) is 3.55. The fraction of sp³-hybridized carbons (Fsp3) is 0.652. The predicted octanol–water partition coefficient (Wildman–Crippen LogP) is 2.79. The Balaban J connectivity index is 1.39. The van der Waals surface area contributed by atoms with Crippen LogP contribution in [-0.4, -0.2) is 49.0 Å². The van der Waals surface area contributed by atoms with Gasteiger partial charge in [0.1, 0.15) is 0 Å². The highest BCUT2D eigenvalue weighted by Gasteiger charge is 2.22. The van der Waals surface area contributed by atoms with Crippen molar-refractivity contribution in [3.05, 3.63) is 35.4 Å². The maximum absolute atomic E-state index is 11.7. The quantitative estimate of drug-likeness (QED) is 0.321. The molecule has 1 aromatic rings. The third-order valence-corrected chi connectivity index (χ3v) is 5.46. The van der Waals surface area contributed by atoms with Gasteiger partial charge in [-0.15, -0.1) is 0 Å². The van der Waals surface area contributed by atoms with Gasteiger partial charge in [-0.2, -0.15) is 0 Å². The highest BCUT2D eigenvalue weighted by atomic mass is 16.1. The molecular weight excluding hydrogens is 362 g/mol. The largest absolute Gasteiger partial charge is 0.357 e. The molecule has 2 fully saturated rings. The van der Waals surface area contributed by atoms with Gasteiger partial charge in [0.25, 0.3) is 0 Å². The molecule has 3 rings (SSSR count). The zero-order valence-electron chi connectivity index (χ0n) is 17.9. The second-order valence-electron chi connectivity index (χ2n) is 8.22. The molecule has 1 aliphatic carbocycles. The first kappa shape index (κ1) is 21.6. The molecule has 0 spiro atoms. The molecule has 0 atom stereocenters. The SMILES string of the molecule is CCNC(=NCc1ccc(CN2CCCCC2)cc1)NCCCC(=O)NC1CC1. The summed E-state index contributed by atoms with van der Waals surface area (Å²) in [4.78, 5) is 19.0. The highest BCUT2D eigenvalue weighted by molar-refractivity contribution is 5.80. The standard InChI is InChI=1S/C23H37N5O/c1-2-24-23(25-14-6-7-22(29)27-21-12-13-21)26-17-19-8-10-20(11-9-19)18-28-15-4-3-5-16-28/h8-11,21H,2-7,12-18H2,1H3,(H,27,29)(H2,24,25,26). The van der Waals surface area contributed by atoms with Crippen LogP contribution in [0.3, 0.4) is 0 Å². The molecule has 1 heterocycles. The fourth-order valence-electron chi connectivity index (χ4n) is 3.62. The highest BCUT2D eigenvalue weighted by Crippen LogP contribution is 2.18. The first-order chi connectivity index (χ1) is 14.2. The number of hydrogen-bond acceptors (Lipinski definition) is 3. The van der Waals surface area contributed by atoms with Gasteiger partial charge >= 0.3 is 0 Å². The van der Waals surface area contributed by atoms with Crippen LogP contribution >= 0.6 is 0 Å². The summed E-state index contributed by atoms with van der Waals surface area (Å²) in [7, 11) is 0. The molecule has 0 bridgehead atoms. The fourth-order valence-corrected chi connectivity index (χ4v) is 3.62. The number of likely N-dealkylation sites (tertiary alicyclic amines) is 1. The molecule has 1 saturated carbocycles. The number of piperidine rings is 1. The predicted molar refractivity (Wildman–Crippen MR) is 119 cm³/mol. The Morgan fingerprint density at radius 3 is 2.48 bits per heavy atom. The van der Waals surface area contributed by atoms with Gasteiger partial charge < -0.3 is 16.0 Å². The Morgan fingerprint density at radius 2 is 1.79 bits per heavy atom. The normalized spacial score (nSPS) is 17.8. The zero-order chi connectivity index (χ0) is 20.3. The van der Waals surface area contributed by atoms with Crippen LogP contribution in [0.25, 0.3) is 0 Å². The molecule has 1 amide bonds. The maximum atomic E-state index is 11.7. The number of carbonyl (C=O) groups excluding carboxylic acids is 1. The van der Waals surface area contributed by atoms with Crippen LogP contribution < -0.4 is 16.0 Å². The van der Waals surface area contributed by atoms with Crippen molar-refractivity contribution in [2.24, 2.45) is 4.99 Å². The van der Waals surface area contributed by atoms with E-state index in [0.717, 1.165) is 44.9 Å². The number of nitrogens with one attached hydrogen (secondary N) is 3. The molecule has 6 nitrogen and oxygen atoms in total. The average molecular weight is 400 g/mol. The monoisotopic (exact) mass is 399 g/mol. The van der Waals surface area contributed by atoms with Crippen LogP contribution in [-0.2, 0) is 17.9 Å². The van der Waals surface area contributed by atoms with E-state index in [0.29, 0.717) is 19.0 Å². The molecule has 0 radical (unpaired) electrons. The molecule has 1 aromatic carbocycles. The lowest BCUT2D eigenvalue weighted by Gasteiger charge is -2.26. The van der Waals surface area contributed by atoms with Gasteiger partial charge in [-0.25, -0.2) is 4.99 Å². The molecule has 29 heavy (non-hydrogen) atoms. The maximum Gasteiger partial charge on any atom is 0.220 e. The molecule has 6 heteroatoms. The number of carbonyl (C=O) groups is 1. The zero-order valence-corrected chi connectivity index (χ0v) is 17.9. The molecular formula is C23H37N5O. The van der Waals surface area contributed by atoms with Crippen molar-refractivity contribution in [3.63, 3.8) is 0 Å². The van der Waals surface area contributed by atoms with Crippen LogP contribution in [0.2, 0.25) is 0 Å². The molecule has 1 saturated heterocycles. The molecule has 2 aliphatic rings. The minimum Gasteiger partial charge on any atom is -0.357 e. The van der Waals surface area contributed by atoms with E-state index < -0.39 is 0 Å². The van der Waals surface area contributed by atoms with Crippen LogP contribution in [0.4, 0.5) is 0 Å². The van der Waals surface area contributed by atoms with Gasteiger partial charge in [-0.1, -0.05) is 30.7 Å². The third kappa shape index (κ3) is 8.44. The number of benzene rings is 1. The number of rotatable bonds is 10. The summed E-state index contributed by atoms with van der Waals surface area (Å²) in [6.45, 7) is 7.80. The Kier molecular flexibility index (Phi) is 8.81. The van der Waals surface area contributed by atoms with Crippen molar-refractivity contribution in [3.8, 4) is 0 Å². The van der Waals surface area contributed by atoms with Gasteiger partial charge in [0.15, 0.2) is 5.96 Å². The summed E-state index contributed by atoms with van der Waals surface area (Å²) >= 11 is 0. The van der Waals surface area contributed by atoms with Crippen LogP contribution in [0.15, 0.2) is 29.3 Å². The molecule has 0 unspecified atom stereocenters. The van der Waals surface area contributed by atoms with Crippen LogP contribution in [0.1, 0.15) is 63.0 Å². The third-order valence-electron chi connectivity index (χ3n) is 5.46. The summed E-state index contributed by atoms with van der Waals surface area (Å²) in [5.41, 5.74) is 2.60. The number of amides is 1. The summed E-state index contributed by atoms with van der Waals surface area (Å²) in [6, 6.07) is 9.29. The molecule has 0 aromatic heterocycles. The number of guanidine groups is 1. The van der Waals surface area contributed by atoms with Crippen molar-refractivity contribution in [2.45, 2.75) is 71.0 Å². The van der Waals surface area contributed by atoms with E-state index in [2.05, 4.69) is 57.0 Å². The van der Waals surface area contributed by atoms with E-state index in [1.165, 1.54) is 43.5 Å². The van der Waals surface area contributed by atoms with E-state index in [1.807, 2.05) is 0 Å². The van der Waals surface area contributed by atoms with E-state index in [1.54, 1.807) is 0 Å². The topological polar surface area (TPSA) is 68.8 Å². The summed E-state index contributed by atoms with van der Waals surface area (Å²) in [5.74, 6) is 0.980. The van der Waals surface area contributed by atoms with Crippen molar-refractivity contribution in [1.29, 1.82) is 0 Å². The van der Waals surface area contributed by atoms with E-state index in [-0.39, 0.29) is 5.91 Å². The van der Waals surface area contributed by atoms with Crippen molar-refractivity contribution in [1.82, 2.24) is 20.9 Å². The number of aliphatic imine (C=N–C) groups is 1. The van der Waals surface area contributed by atoms with Crippen molar-refractivity contribution in [2.75, 3.05) is 26.2 Å². The Hall–Kier alpha value is -2.08. The Labute approximate surface area is 175 Å². The Morgan fingerprint density at radius 1 is 1.07 bits per heavy atom.